The van der Waals surface area contributed by atoms with Gasteiger partial charge >= 0.3 is 6.18 Å². The number of halogens is 4. The number of benzene rings is 1. The number of nitrogens with two attached hydrogens (primary N) is 1. The Morgan fingerprint density at radius 3 is 2.55 bits per heavy atom. The molecule has 4 rings (SSSR count). The van der Waals surface area contributed by atoms with Crippen molar-refractivity contribution in [3.8, 4) is 0 Å². The van der Waals surface area contributed by atoms with E-state index in [0.717, 1.165) is 40.7 Å². The van der Waals surface area contributed by atoms with Gasteiger partial charge in [-0.1, -0.05) is 15.9 Å². The molecule has 1 aliphatic carbocycles. The average molecular weight is 466 g/mol. The number of nitrogens with one attached hydrogen (secondary N) is 1. The molecule has 1 aromatic carbocycles. The highest BCUT2D eigenvalue weighted by Crippen LogP contribution is 2.38. The van der Waals surface area contributed by atoms with E-state index in [0.29, 0.717) is 17.2 Å². The normalized spacial score (nSPS) is 14.8. The molecule has 9 heteroatoms. The quantitative estimate of drug-likeness (QED) is 0.544. The van der Waals surface area contributed by atoms with E-state index in [4.69, 9.17) is 5.73 Å². The number of pyridine rings is 1. The lowest BCUT2D eigenvalue weighted by atomic mass is 10.0. The minimum absolute atomic E-state index is 0.173. The van der Waals surface area contributed by atoms with Gasteiger partial charge in [0.05, 0.1) is 11.6 Å². The topological polar surface area (TPSA) is 76.7 Å². The smallest absolute Gasteiger partial charge is 0.384 e. The molecule has 0 unspecified atom stereocenters. The van der Waals surface area contributed by atoms with Gasteiger partial charge in [-0.3, -0.25) is 0 Å². The molecule has 3 aromatic rings. The van der Waals surface area contributed by atoms with Crippen LogP contribution in [0, 0.1) is 6.92 Å². The molecule has 2 aromatic heterocycles. The summed E-state index contributed by atoms with van der Waals surface area (Å²) in [5, 5.41) is 4.08. The van der Waals surface area contributed by atoms with Crippen molar-refractivity contribution in [3.05, 3.63) is 50.9 Å². The maximum absolute atomic E-state index is 13.1. The van der Waals surface area contributed by atoms with E-state index in [1.165, 1.54) is 17.2 Å². The van der Waals surface area contributed by atoms with Gasteiger partial charge in [-0.15, -0.1) is 0 Å². The molecular weight excluding hydrogens is 447 g/mol. The van der Waals surface area contributed by atoms with Crippen LogP contribution in [0.4, 0.5) is 24.8 Å². The fourth-order valence-electron chi connectivity index (χ4n) is 3.80. The first-order valence-corrected chi connectivity index (χ1v) is 10.0. The first-order chi connectivity index (χ1) is 13.6. The second-order valence-electron chi connectivity index (χ2n) is 7.26. The molecule has 0 amide bonds. The van der Waals surface area contributed by atoms with Gasteiger partial charge in [-0.2, -0.15) is 13.2 Å². The van der Waals surface area contributed by atoms with E-state index >= 15 is 0 Å². The zero-order chi connectivity index (χ0) is 20.9. The zero-order valence-electron chi connectivity index (χ0n) is 15.9. The van der Waals surface area contributed by atoms with Gasteiger partial charge in [-0.05, 0) is 68.0 Å². The molecule has 0 saturated carbocycles. The van der Waals surface area contributed by atoms with E-state index in [-0.39, 0.29) is 5.82 Å². The number of anilines is 2. The van der Waals surface area contributed by atoms with Crippen molar-refractivity contribution in [2.45, 2.75) is 45.3 Å². The van der Waals surface area contributed by atoms with Crippen LogP contribution in [0.25, 0.3) is 10.9 Å². The van der Waals surface area contributed by atoms with Crippen LogP contribution in [0.3, 0.4) is 0 Å². The number of fused-ring (bicyclic) bond motifs is 3. The molecule has 0 aliphatic heterocycles. The van der Waals surface area contributed by atoms with Crippen molar-refractivity contribution in [2.24, 2.45) is 0 Å². The van der Waals surface area contributed by atoms with Crippen LogP contribution in [-0.4, -0.2) is 15.0 Å². The lowest BCUT2D eigenvalue weighted by Gasteiger charge is -2.19. The largest absolute Gasteiger partial charge is 0.433 e. The number of aromatic nitrogens is 3. The summed E-state index contributed by atoms with van der Waals surface area (Å²) in [6.45, 7) is 3.57. The summed E-state index contributed by atoms with van der Waals surface area (Å²) in [6, 6.07) is 3.97. The summed E-state index contributed by atoms with van der Waals surface area (Å²) in [6.07, 6.45) is -1.53. The van der Waals surface area contributed by atoms with Gasteiger partial charge in [0.1, 0.15) is 23.2 Å². The molecule has 2 heterocycles. The Morgan fingerprint density at radius 1 is 1.10 bits per heavy atom. The number of aryl methyl sites for hydroxylation is 2. The van der Waals surface area contributed by atoms with Crippen molar-refractivity contribution in [1.82, 2.24) is 15.0 Å². The van der Waals surface area contributed by atoms with Crippen LogP contribution in [0.2, 0.25) is 0 Å². The first kappa shape index (κ1) is 19.9. The van der Waals surface area contributed by atoms with Crippen molar-refractivity contribution >= 4 is 38.5 Å². The van der Waals surface area contributed by atoms with Gasteiger partial charge in [0.15, 0.2) is 0 Å². The fraction of sp³-hybridized carbons (Fsp3) is 0.350. The Morgan fingerprint density at radius 2 is 1.83 bits per heavy atom. The summed E-state index contributed by atoms with van der Waals surface area (Å²) >= 11 is 3.64. The van der Waals surface area contributed by atoms with E-state index in [1.807, 2.05) is 13.0 Å². The molecule has 29 heavy (non-hydrogen) atoms. The van der Waals surface area contributed by atoms with E-state index in [9.17, 15) is 13.2 Å². The third-order valence-corrected chi connectivity index (χ3v) is 5.84. The van der Waals surface area contributed by atoms with E-state index < -0.39 is 17.9 Å². The number of hydrogen-bond acceptors (Lipinski definition) is 5. The highest BCUT2D eigenvalue weighted by Gasteiger charge is 2.33. The minimum Gasteiger partial charge on any atom is -0.384 e. The van der Waals surface area contributed by atoms with Gasteiger partial charge < -0.3 is 11.1 Å². The maximum Gasteiger partial charge on any atom is 0.433 e. The van der Waals surface area contributed by atoms with E-state index in [1.54, 1.807) is 6.92 Å². The molecule has 0 radical (unpaired) electrons. The summed E-state index contributed by atoms with van der Waals surface area (Å²) in [5.74, 6) is 1.01. The van der Waals surface area contributed by atoms with Crippen molar-refractivity contribution in [3.63, 3.8) is 0 Å². The third-order valence-electron chi connectivity index (χ3n) is 5.13. The third kappa shape index (κ3) is 3.75. The minimum atomic E-state index is -4.56. The fourth-order valence-corrected chi connectivity index (χ4v) is 4.46. The zero-order valence-corrected chi connectivity index (χ0v) is 17.4. The highest BCUT2D eigenvalue weighted by atomic mass is 79.9. The average Bonchev–Trinajstić information content (AvgIpc) is 3.12. The lowest BCUT2D eigenvalue weighted by molar-refractivity contribution is -0.141. The van der Waals surface area contributed by atoms with Crippen LogP contribution >= 0.6 is 15.9 Å². The monoisotopic (exact) mass is 465 g/mol. The number of nitrogen functional groups attached to an aromatic ring is 1. The number of hydrogen-bond donors (Lipinski definition) is 2. The second kappa shape index (κ2) is 7.12. The maximum atomic E-state index is 13.1. The van der Waals surface area contributed by atoms with Crippen molar-refractivity contribution in [1.29, 1.82) is 0 Å². The SMILES string of the molecule is Cc1nc(N[C@H](C)c2cc(N)nc(C(F)(F)F)c2)c2cc(Br)c3c(c2n1)CCC3. The summed E-state index contributed by atoms with van der Waals surface area (Å²) in [5.41, 5.74) is 8.36. The predicted octanol–water partition coefficient (Wildman–Crippen LogP) is 5.36. The first-order valence-electron chi connectivity index (χ1n) is 9.23. The summed E-state index contributed by atoms with van der Waals surface area (Å²) in [4.78, 5) is 12.6. The molecule has 3 N–H and O–H groups in total. The standard InChI is InChI=1S/C20H19BrF3N5/c1-9(11-6-16(20(22,23)24)29-17(25)7-11)26-19-14-8-15(21)12-4-3-5-13(12)18(14)27-10(2)28-19/h6-9H,3-5H2,1-2H3,(H2,25,29)(H,26,27,28)/t9-/m1/s1. The number of rotatable bonds is 3. The van der Waals surface area contributed by atoms with Crippen LogP contribution in [-0.2, 0) is 19.0 Å². The predicted molar refractivity (Wildman–Crippen MR) is 110 cm³/mol. The molecular formula is C20H19BrF3N5. The second-order valence-corrected chi connectivity index (χ2v) is 8.11. The number of alkyl halides is 3. The van der Waals surface area contributed by atoms with Crippen LogP contribution in [0.5, 0.6) is 0 Å². The van der Waals surface area contributed by atoms with Crippen molar-refractivity contribution in [2.75, 3.05) is 11.1 Å². The van der Waals surface area contributed by atoms with Crippen molar-refractivity contribution < 1.29 is 13.2 Å². The Labute approximate surface area is 174 Å². The van der Waals surface area contributed by atoms with Crippen LogP contribution in [0.1, 0.15) is 47.6 Å². The van der Waals surface area contributed by atoms with Gasteiger partial charge in [0.25, 0.3) is 0 Å². The van der Waals surface area contributed by atoms with Crippen LogP contribution < -0.4 is 11.1 Å². The Bertz CT molecular complexity index is 1110. The van der Waals surface area contributed by atoms with E-state index in [2.05, 4.69) is 36.2 Å². The Balaban J connectivity index is 1.77. The highest BCUT2D eigenvalue weighted by molar-refractivity contribution is 9.10. The van der Waals surface area contributed by atoms with Gasteiger partial charge in [0, 0.05) is 9.86 Å². The molecule has 0 saturated heterocycles. The van der Waals surface area contributed by atoms with Gasteiger partial charge in [0.2, 0.25) is 0 Å². The van der Waals surface area contributed by atoms with Crippen LogP contribution in [0.15, 0.2) is 22.7 Å². The molecule has 1 aliphatic rings. The summed E-state index contributed by atoms with van der Waals surface area (Å²) in [7, 11) is 0. The molecule has 0 fully saturated rings. The van der Waals surface area contributed by atoms with Gasteiger partial charge in [-0.25, -0.2) is 15.0 Å². The molecule has 1 atom stereocenters. The molecule has 0 bridgehead atoms. The summed E-state index contributed by atoms with van der Waals surface area (Å²) < 4.78 is 40.3. The lowest BCUT2D eigenvalue weighted by Crippen LogP contribution is -2.14. The Hall–Kier alpha value is -2.42. The Kier molecular flexibility index (Phi) is 4.88. The molecule has 152 valence electrons. The number of nitrogens with zero attached hydrogens (tertiary/aromatic N) is 3. The molecule has 5 nitrogen and oxygen atoms in total. The molecule has 0 spiro atoms.